The Kier molecular flexibility index (Phi) is 6.12. The van der Waals surface area contributed by atoms with Gasteiger partial charge in [0.05, 0.1) is 6.21 Å². The van der Waals surface area contributed by atoms with Crippen molar-refractivity contribution in [3.8, 4) is 0 Å². The molecule has 0 unspecified atom stereocenters. The minimum atomic E-state index is -0.318. The van der Waals surface area contributed by atoms with Gasteiger partial charge in [0.15, 0.2) is 0 Å². The van der Waals surface area contributed by atoms with Crippen LogP contribution in [0.5, 0.6) is 0 Å². The van der Waals surface area contributed by atoms with Crippen LogP contribution in [0, 0.1) is 6.92 Å². The number of carbonyl (C=O) groups excluding carboxylic acids is 2. The topological polar surface area (TPSA) is 75.5 Å². The Labute approximate surface area is 186 Å². The van der Waals surface area contributed by atoms with Gasteiger partial charge in [0.2, 0.25) is 5.91 Å². The second-order valence-electron chi connectivity index (χ2n) is 7.55. The van der Waals surface area contributed by atoms with E-state index in [1.807, 2.05) is 30.3 Å². The Morgan fingerprint density at radius 2 is 1.62 bits per heavy atom. The number of aromatic nitrogens is 1. The van der Waals surface area contributed by atoms with Crippen LogP contribution in [0.1, 0.15) is 34.1 Å². The maximum atomic E-state index is 12.4. The molecule has 32 heavy (non-hydrogen) atoms. The van der Waals surface area contributed by atoms with Gasteiger partial charge >= 0.3 is 0 Å². The third-order valence-electron chi connectivity index (χ3n) is 5.29. The summed E-state index contributed by atoms with van der Waals surface area (Å²) in [5.41, 5.74) is 8.07. The molecule has 1 aromatic heterocycles. The van der Waals surface area contributed by atoms with E-state index in [0.717, 1.165) is 28.7 Å². The third-order valence-corrected chi connectivity index (χ3v) is 5.29. The highest BCUT2D eigenvalue weighted by Gasteiger charge is 2.13. The van der Waals surface area contributed by atoms with Gasteiger partial charge in [0.25, 0.3) is 5.91 Å². The molecule has 0 atom stereocenters. The Bertz CT molecular complexity index is 1290. The van der Waals surface area contributed by atoms with Gasteiger partial charge in [-0.15, -0.1) is 0 Å². The lowest BCUT2D eigenvalue weighted by molar-refractivity contribution is -0.114. The zero-order chi connectivity index (χ0) is 22.5. The summed E-state index contributed by atoms with van der Waals surface area (Å²) in [6, 6.07) is 25.2. The standard InChI is InChI=1S/C26H24N4O2/c1-18-24(16-27-29-26(32)21-12-14-22(15-13-21)28-19(2)31)23-10-6-7-11-25(23)30(18)17-20-8-4-3-5-9-20/h3-16H,17H2,1-2H3,(H,28,31)(H,29,32)/b27-16-. The van der Waals surface area contributed by atoms with E-state index >= 15 is 0 Å². The van der Waals surface area contributed by atoms with E-state index in [4.69, 9.17) is 0 Å². The van der Waals surface area contributed by atoms with Crippen molar-refractivity contribution in [2.45, 2.75) is 20.4 Å². The number of hydrogen-bond donors (Lipinski definition) is 2. The minimum absolute atomic E-state index is 0.159. The van der Waals surface area contributed by atoms with E-state index < -0.39 is 0 Å². The minimum Gasteiger partial charge on any atom is -0.340 e. The fourth-order valence-corrected chi connectivity index (χ4v) is 3.72. The van der Waals surface area contributed by atoms with E-state index in [2.05, 4.69) is 51.6 Å². The lowest BCUT2D eigenvalue weighted by atomic mass is 10.1. The SMILES string of the molecule is CC(=O)Nc1ccc(C(=O)N/N=C\c2c(C)n(Cc3ccccc3)c3ccccc23)cc1. The maximum absolute atomic E-state index is 12.4. The number of anilines is 1. The van der Waals surface area contributed by atoms with Gasteiger partial charge in [-0.1, -0.05) is 48.5 Å². The summed E-state index contributed by atoms with van der Waals surface area (Å²) in [5.74, 6) is -0.477. The lowest BCUT2D eigenvalue weighted by Crippen LogP contribution is -2.17. The molecular weight excluding hydrogens is 400 g/mol. The fourth-order valence-electron chi connectivity index (χ4n) is 3.72. The number of amides is 2. The van der Waals surface area contributed by atoms with Crippen molar-refractivity contribution in [2.24, 2.45) is 5.10 Å². The lowest BCUT2D eigenvalue weighted by Gasteiger charge is -2.08. The van der Waals surface area contributed by atoms with Crippen LogP contribution >= 0.6 is 0 Å². The second-order valence-corrected chi connectivity index (χ2v) is 7.55. The predicted molar refractivity (Wildman–Crippen MR) is 128 cm³/mol. The van der Waals surface area contributed by atoms with Gasteiger partial charge in [-0.25, -0.2) is 5.43 Å². The molecule has 4 rings (SSSR count). The van der Waals surface area contributed by atoms with Crippen molar-refractivity contribution >= 4 is 34.6 Å². The monoisotopic (exact) mass is 424 g/mol. The van der Waals surface area contributed by atoms with Gasteiger partial charge < -0.3 is 9.88 Å². The third kappa shape index (κ3) is 4.59. The van der Waals surface area contributed by atoms with Crippen LogP contribution in [-0.2, 0) is 11.3 Å². The summed E-state index contributed by atoms with van der Waals surface area (Å²) in [5, 5.41) is 7.97. The first-order valence-corrected chi connectivity index (χ1v) is 10.4. The number of fused-ring (bicyclic) bond motifs is 1. The smallest absolute Gasteiger partial charge is 0.271 e. The van der Waals surface area contributed by atoms with Crippen molar-refractivity contribution in [1.82, 2.24) is 9.99 Å². The van der Waals surface area contributed by atoms with Crippen LogP contribution in [-0.4, -0.2) is 22.6 Å². The number of rotatable bonds is 6. The maximum Gasteiger partial charge on any atom is 0.271 e. The van der Waals surface area contributed by atoms with Gasteiger partial charge in [0, 0.05) is 46.9 Å². The fraction of sp³-hybridized carbons (Fsp3) is 0.115. The molecule has 0 saturated heterocycles. The molecule has 2 amide bonds. The molecule has 0 bridgehead atoms. The number of hydrazone groups is 1. The summed E-state index contributed by atoms with van der Waals surface area (Å²) < 4.78 is 2.26. The largest absolute Gasteiger partial charge is 0.340 e. The molecule has 0 aliphatic carbocycles. The molecule has 0 radical (unpaired) electrons. The Morgan fingerprint density at radius 3 is 2.34 bits per heavy atom. The highest BCUT2D eigenvalue weighted by molar-refractivity contribution is 6.02. The van der Waals surface area contributed by atoms with Crippen LogP contribution in [0.25, 0.3) is 10.9 Å². The molecule has 0 fully saturated rings. The first-order chi connectivity index (χ1) is 15.5. The normalized spacial score (nSPS) is 11.1. The van der Waals surface area contributed by atoms with Crippen LogP contribution in [0.2, 0.25) is 0 Å². The van der Waals surface area contributed by atoms with E-state index in [0.29, 0.717) is 11.3 Å². The van der Waals surface area contributed by atoms with Crippen molar-refractivity contribution in [1.29, 1.82) is 0 Å². The quantitative estimate of drug-likeness (QED) is 0.347. The van der Waals surface area contributed by atoms with Gasteiger partial charge in [-0.2, -0.15) is 5.10 Å². The Balaban J connectivity index is 1.54. The van der Waals surface area contributed by atoms with E-state index in [-0.39, 0.29) is 11.8 Å². The van der Waals surface area contributed by atoms with Crippen molar-refractivity contribution in [3.63, 3.8) is 0 Å². The number of nitrogens with one attached hydrogen (secondary N) is 2. The Hall–Kier alpha value is -4.19. The van der Waals surface area contributed by atoms with E-state index in [9.17, 15) is 9.59 Å². The molecule has 160 valence electrons. The highest BCUT2D eigenvalue weighted by atomic mass is 16.2. The van der Waals surface area contributed by atoms with Crippen molar-refractivity contribution in [2.75, 3.05) is 5.32 Å². The van der Waals surface area contributed by atoms with Gasteiger partial charge in [-0.05, 0) is 42.8 Å². The molecule has 0 aliphatic heterocycles. The molecule has 1 heterocycles. The van der Waals surface area contributed by atoms with Crippen molar-refractivity contribution < 1.29 is 9.59 Å². The molecule has 0 spiro atoms. The molecule has 6 nitrogen and oxygen atoms in total. The molecule has 4 aromatic rings. The van der Waals surface area contributed by atoms with Crippen LogP contribution in [0.4, 0.5) is 5.69 Å². The zero-order valence-corrected chi connectivity index (χ0v) is 18.0. The summed E-state index contributed by atoms with van der Waals surface area (Å²) >= 11 is 0. The predicted octanol–water partition coefficient (Wildman–Crippen LogP) is 4.72. The Morgan fingerprint density at radius 1 is 0.938 bits per heavy atom. The van der Waals surface area contributed by atoms with Crippen LogP contribution in [0.15, 0.2) is 84.0 Å². The summed E-state index contributed by atoms with van der Waals surface area (Å²) in [6.45, 7) is 4.26. The average molecular weight is 425 g/mol. The van der Waals surface area contributed by atoms with E-state index in [1.165, 1.54) is 12.5 Å². The van der Waals surface area contributed by atoms with Crippen molar-refractivity contribution in [3.05, 3.63) is 101 Å². The van der Waals surface area contributed by atoms with Crippen LogP contribution < -0.4 is 10.7 Å². The first kappa shape index (κ1) is 21.1. The first-order valence-electron chi connectivity index (χ1n) is 10.4. The van der Waals surface area contributed by atoms with Gasteiger partial charge in [0.1, 0.15) is 0 Å². The summed E-state index contributed by atoms with van der Waals surface area (Å²) in [6.07, 6.45) is 1.70. The van der Waals surface area contributed by atoms with Gasteiger partial charge in [-0.3, -0.25) is 9.59 Å². The number of carbonyl (C=O) groups is 2. The molecule has 2 N–H and O–H groups in total. The summed E-state index contributed by atoms with van der Waals surface area (Å²) in [4.78, 5) is 23.6. The molecule has 6 heteroatoms. The molecule has 3 aromatic carbocycles. The number of hydrogen-bond acceptors (Lipinski definition) is 3. The highest BCUT2D eigenvalue weighted by Crippen LogP contribution is 2.25. The molecule has 0 aliphatic rings. The number of nitrogens with zero attached hydrogens (tertiary/aromatic N) is 2. The number of para-hydroxylation sites is 1. The molecule has 0 saturated carbocycles. The second kappa shape index (κ2) is 9.31. The average Bonchev–Trinajstić information content (AvgIpc) is 3.06. The zero-order valence-electron chi connectivity index (χ0n) is 18.0. The van der Waals surface area contributed by atoms with E-state index in [1.54, 1.807) is 30.5 Å². The number of benzene rings is 3. The van der Waals surface area contributed by atoms with Crippen LogP contribution in [0.3, 0.4) is 0 Å². The molecular formula is C26H24N4O2. The summed E-state index contributed by atoms with van der Waals surface area (Å²) in [7, 11) is 0.